The molecule has 6 nitrogen and oxygen atoms in total. The van der Waals surface area contributed by atoms with E-state index in [0.29, 0.717) is 18.9 Å². The Balaban J connectivity index is 1.65. The minimum Gasteiger partial charge on any atom is -0.384 e. The van der Waals surface area contributed by atoms with E-state index in [2.05, 4.69) is 9.88 Å². The summed E-state index contributed by atoms with van der Waals surface area (Å²) in [5, 5.41) is 0. The smallest absolute Gasteiger partial charge is 0.244 e. The summed E-state index contributed by atoms with van der Waals surface area (Å²) in [6.07, 6.45) is 3.99. The summed E-state index contributed by atoms with van der Waals surface area (Å²) < 4.78 is 26.5. The molecule has 0 unspecified atom stereocenters. The van der Waals surface area contributed by atoms with Gasteiger partial charge in [0.2, 0.25) is 10.0 Å². The van der Waals surface area contributed by atoms with Crippen molar-refractivity contribution in [1.82, 2.24) is 14.2 Å². The summed E-state index contributed by atoms with van der Waals surface area (Å²) in [6.45, 7) is 3.87. The average Bonchev–Trinajstić information content (AvgIpc) is 3.24. The van der Waals surface area contributed by atoms with E-state index in [4.69, 9.17) is 5.73 Å². The maximum absolute atomic E-state index is 12.5. The first kappa shape index (κ1) is 13.8. The molecule has 0 atom stereocenters. The molecule has 0 radical (unpaired) electrons. The number of hydrogen-bond donors (Lipinski definition) is 1. The molecule has 0 amide bonds. The Kier molecular flexibility index (Phi) is 3.66. The predicted molar refractivity (Wildman–Crippen MR) is 76.6 cm³/mol. The summed E-state index contributed by atoms with van der Waals surface area (Å²) in [6, 6.07) is 3.05. The highest BCUT2D eigenvalue weighted by Crippen LogP contribution is 2.30. The number of hydrogen-bond acceptors (Lipinski definition) is 5. The first-order valence-corrected chi connectivity index (χ1v) is 8.44. The molecule has 1 aliphatic carbocycles. The van der Waals surface area contributed by atoms with Crippen molar-refractivity contribution in [3.63, 3.8) is 0 Å². The number of aromatic nitrogens is 1. The normalized spacial score (nSPS) is 22.0. The van der Waals surface area contributed by atoms with Crippen molar-refractivity contribution in [1.29, 1.82) is 0 Å². The van der Waals surface area contributed by atoms with Crippen LogP contribution in [0, 0.1) is 5.92 Å². The first-order valence-electron chi connectivity index (χ1n) is 7.00. The average molecular weight is 296 g/mol. The minimum atomic E-state index is -3.43. The lowest BCUT2D eigenvalue weighted by atomic mass is 10.3. The van der Waals surface area contributed by atoms with Gasteiger partial charge in [-0.05, 0) is 30.9 Å². The predicted octanol–water partition coefficient (Wildman–Crippen LogP) is 0.380. The summed E-state index contributed by atoms with van der Waals surface area (Å²) in [7, 11) is -3.43. The van der Waals surface area contributed by atoms with Crippen molar-refractivity contribution in [3.8, 4) is 0 Å². The highest BCUT2D eigenvalue weighted by atomic mass is 32.2. The van der Waals surface area contributed by atoms with E-state index in [1.807, 2.05) is 0 Å². The molecular formula is C13H20N4O2S. The molecule has 20 heavy (non-hydrogen) atoms. The van der Waals surface area contributed by atoms with Crippen LogP contribution in [-0.2, 0) is 10.0 Å². The Morgan fingerprint density at radius 2 is 1.90 bits per heavy atom. The quantitative estimate of drug-likeness (QED) is 0.869. The molecular weight excluding hydrogens is 276 g/mol. The fraction of sp³-hybridized carbons (Fsp3) is 0.615. The molecule has 2 aliphatic rings. The van der Waals surface area contributed by atoms with Crippen molar-refractivity contribution in [2.45, 2.75) is 17.7 Å². The number of nitrogen functional groups attached to an aromatic ring is 1. The maximum Gasteiger partial charge on any atom is 0.244 e. The zero-order valence-electron chi connectivity index (χ0n) is 11.4. The Bertz CT molecular complexity index is 561. The van der Waals surface area contributed by atoms with Gasteiger partial charge in [-0.3, -0.25) is 0 Å². The number of sulfonamides is 1. The molecule has 1 saturated carbocycles. The van der Waals surface area contributed by atoms with Crippen LogP contribution in [0.1, 0.15) is 12.8 Å². The number of piperazine rings is 1. The Morgan fingerprint density at radius 1 is 1.20 bits per heavy atom. The number of pyridine rings is 1. The highest BCUT2D eigenvalue weighted by molar-refractivity contribution is 7.89. The van der Waals surface area contributed by atoms with E-state index in [0.717, 1.165) is 25.6 Å². The summed E-state index contributed by atoms with van der Waals surface area (Å²) >= 11 is 0. The Labute approximate surface area is 119 Å². The van der Waals surface area contributed by atoms with Crippen LogP contribution in [0.5, 0.6) is 0 Å². The van der Waals surface area contributed by atoms with Crippen LogP contribution in [0.25, 0.3) is 0 Å². The van der Waals surface area contributed by atoms with Crippen LogP contribution < -0.4 is 5.73 Å². The third-order valence-corrected chi connectivity index (χ3v) is 5.82. The van der Waals surface area contributed by atoms with E-state index in [-0.39, 0.29) is 4.90 Å². The van der Waals surface area contributed by atoms with Gasteiger partial charge in [0.1, 0.15) is 10.7 Å². The zero-order valence-corrected chi connectivity index (χ0v) is 12.2. The molecule has 110 valence electrons. The molecule has 1 aliphatic heterocycles. The van der Waals surface area contributed by atoms with E-state index >= 15 is 0 Å². The molecule has 7 heteroatoms. The van der Waals surface area contributed by atoms with Crippen LogP contribution >= 0.6 is 0 Å². The van der Waals surface area contributed by atoms with Crippen molar-refractivity contribution in [2.24, 2.45) is 5.92 Å². The van der Waals surface area contributed by atoms with E-state index < -0.39 is 10.0 Å². The fourth-order valence-corrected chi connectivity index (χ4v) is 3.88. The van der Waals surface area contributed by atoms with Crippen molar-refractivity contribution >= 4 is 15.8 Å². The van der Waals surface area contributed by atoms with Crippen LogP contribution in [0.4, 0.5) is 5.82 Å². The van der Waals surface area contributed by atoms with Gasteiger partial charge in [0.05, 0.1) is 0 Å². The lowest BCUT2D eigenvalue weighted by molar-refractivity contribution is 0.182. The van der Waals surface area contributed by atoms with Crippen LogP contribution in [0.3, 0.4) is 0 Å². The SMILES string of the molecule is Nc1ccc(S(=O)(=O)N2CCN(CC3CC3)CC2)cn1. The van der Waals surface area contributed by atoms with Crippen LogP contribution in [0.2, 0.25) is 0 Å². The molecule has 0 aromatic carbocycles. The third-order valence-electron chi connectivity index (χ3n) is 3.94. The third kappa shape index (κ3) is 2.94. The number of nitrogens with zero attached hydrogens (tertiary/aromatic N) is 3. The largest absolute Gasteiger partial charge is 0.384 e. The zero-order chi connectivity index (χ0) is 14.2. The van der Waals surface area contributed by atoms with E-state index in [1.165, 1.54) is 31.2 Å². The molecule has 1 aromatic rings. The van der Waals surface area contributed by atoms with Crippen molar-refractivity contribution in [2.75, 3.05) is 38.5 Å². The molecule has 2 fully saturated rings. The lowest BCUT2D eigenvalue weighted by Crippen LogP contribution is -2.49. The van der Waals surface area contributed by atoms with Gasteiger partial charge in [0, 0.05) is 38.9 Å². The van der Waals surface area contributed by atoms with Gasteiger partial charge in [-0.1, -0.05) is 0 Å². The van der Waals surface area contributed by atoms with Gasteiger partial charge in [-0.25, -0.2) is 13.4 Å². The van der Waals surface area contributed by atoms with Crippen LogP contribution in [0.15, 0.2) is 23.2 Å². The molecule has 1 aromatic heterocycles. The second-order valence-electron chi connectivity index (χ2n) is 5.57. The summed E-state index contributed by atoms with van der Waals surface area (Å²) in [5.41, 5.74) is 5.49. The van der Waals surface area contributed by atoms with Gasteiger partial charge in [-0.2, -0.15) is 4.31 Å². The van der Waals surface area contributed by atoms with Gasteiger partial charge in [-0.15, -0.1) is 0 Å². The molecule has 0 spiro atoms. The minimum absolute atomic E-state index is 0.224. The van der Waals surface area contributed by atoms with Gasteiger partial charge in [0.15, 0.2) is 0 Å². The fourth-order valence-electron chi connectivity index (χ4n) is 2.51. The Hall–Kier alpha value is -1.18. The molecule has 3 rings (SSSR count). The monoisotopic (exact) mass is 296 g/mol. The lowest BCUT2D eigenvalue weighted by Gasteiger charge is -2.33. The number of anilines is 1. The maximum atomic E-state index is 12.5. The molecule has 2 N–H and O–H groups in total. The van der Waals surface area contributed by atoms with Gasteiger partial charge in [0.25, 0.3) is 0 Å². The standard InChI is InChI=1S/C13H20N4O2S/c14-13-4-3-12(9-15-13)20(18,19)17-7-5-16(6-8-17)10-11-1-2-11/h3-4,9,11H,1-2,5-8,10H2,(H2,14,15). The van der Waals surface area contributed by atoms with E-state index in [1.54, 1.807) is 4.31 Å². The first-order chi connectivity index (χ1) is 9.55. The van der Waals surface area contributed by atoms with Gasteiger partial charge < -0.3 is 10.6 Å². The van der Waals surface area contributed by atoms with Gasteiger partial charge >= 0.3 is 0 Å². The van der Waals surface area contributed by atoms with Crippen LogP contribution in [-0.4, -0.2) is 55.3 Å². The second-order valence-corrected chi connectivity index (χ2v) is 7.50. The number of nitrogens with two attached hydrogens (primary N) is 1. The highest BCUT2D eigenvalue weighted by Gasteiger charge is 2.31. The topological polar surface area (TPSA) is 79.5 Å². The summed E-state index contributed by atoms with van der Waals surface area (Å²) in [4.78, 5) is 6.45. The van der Waals surface area contributed by atoms with Crippen molar-refractivity contribution < 1.29 is 8.42 Å². The molecule has 2 heterocycles. The Morgan fingerprint density at radius 3 is 2.45 bits per heavy atom. The molecule has 1 saturated heterocycles. The summed E-state index contributed by atoms with van der Waals surface area (Å²) in [5.74, 6) is 1.18. The second kappa shape index (κ2) is 5.31. The molecule has 0 bridgehead atoms. The van der Waals surface area contributed by atoms with E-state index in [9.17, 15) is 8.42 Å². The number of rotatable bonds is 4. The van der Waals surface area contributed by atoms with Crippen molar-refractivity contribution in [3.05, 3.63) is 18.3 Å².